The van der Waals surface area contributed by atoms with Gasteiger partial charge in [0.25, 0.3) is 0 Å². The van der Waals surface area contributed by atoms with E-state index in [1.165, 1.54) is 22.3 Å². The summed E-state index contributed by atoms with van der Waals surface area (Å²) in [5.74, 6) is 0. The van der Waals surface area contributed by atoms with Gasteiger partial charge in [0.05, 0.1) is 17.8 Å². The van der Waals surface area contributed by atoms with Crippen LogP contribution in [0.1, 0.15) is 30.8 Å². The van der Waals surface area contributed by atoms with Crippen LogP contribution in [0.15, 0.2) is 42.6 Å². The number of benzene rings is 1. The van der Waals surface area contributed by atoms with Crippen LogP contribution >= 0.6 is 0 Å². The van der Waals surface area contributed by atoms with E-state index in [9.17, 15) is 0 Å². The Bertz CT molecular complexity index is 723. The molecule has 0 saturated heterocycles. The molecule has 0 N–H and O–H groups in total. The Morgan fingerprint density at radius 3 is 2.70 bits per heavy atom. The van der Waals surface area contributed by atoms with Crippen molar-refractivity contribution in [1.82, 2.24) is 14.8 Å². The molecule has 0 bridgehead atoms. The van der Waals surface area contributed by atoms with Crippen LogP contribution in [0, 0.1) is 0 Å². The largest absolute Gasteiger partial charge is 0.265 e. The molecule has 0 fully saturated rings. The van der Waals surface area contributed by atoms with Crippen LogP contribution in [0.5, 0.6) is 0 Å². The van der Waals surface area contributed by atoms with Crippen molar-refractivity contribution < 1.29 is 0 Å². The highest BCUT2D eigenvalue weighted by Gasteiger charge is 2.08. The van der Waals surface area contributed by atoms with Crippen molar-refractivity contribution in [3.63, 3.8) is 0 Å². The third-order valence-electron chi connectivity index (χ3n) is 3.70. The van der Waals surface area contributed by atoms with E-state index in [2.05, 4.69) is 53.8 Å². The molecule has 0 aliphatic rings. The minimum Gasteiger partial charge on any atom is -0.265 e. The van der Waals surface area contributed by atoms with Crippen LogP contribution in [-0.2, 0) is 19.4 Å². The van der Waals surface area contributed by atoms with E-state index in [1.54, 1.807) is 0 Å². The molecule has 0 radical (unpaired) electrons. The average Bonchev–Trinajstić information content (AvgIpc) is 2.90. The van der Waals surface area contributed by atoms with Crippen molar-refractivity contribution in [3.8, 4) is 0 Å². The van der Waals surface area contributed by atoms with Gasteiger partial charge in [0.2, 0.25) is 0 Å². The summed E-state index contributed by atoms with van der Waals surface area (Å²) in [5.41, 5.74) is 4.78. The second kappa shape index (κ2) is 5.45. The number of aryl methyl sites for hydroxylation is 2. The normalized spacial score (nSPS) is 11.1. The zero-order chi connectivity index (χ0) is 13.9. The fourth-order valence-corrected chi connectivity index (χ4v) is 2.56. The Morgan fingerprint density at radius 1 is 1.05 bits per heavy atom. The summed E-state index contributed by atoms with van der Waals surface area (Å²) in [6.07, 6.45) is 3.88. The standard InChI is InChI=1S/C17H19N3/c1-3-14-11-15(4-2)20(19-14)12-13-9-10-18-17-8-6-5-7-16(13)17/h5-11H,3-4,12H2,1-2H3. The van der Waals surface area contributed by atoms with Gasteiger partial charge in [-0.1, -0.05) is 32.0 Å². The maximum atomic E-state index is 4.70. The quantitative estimate of drug-likeness (QED) is 0.721. The molecule has 2 heterocycles. The summed E-state index contributed by atoms with van der Waals surface area (Å²) in [6.45, 7) is 5.14. The lowest BCUT2D eigenvalue weighted by Gasteiger charge is -2.08. The second-order valence-corrected chi connectivity index (χ2v) is 4.98. The van der Waals surface area contributed by atoms with Gasteiger partial charge >= 0.3 is 0 Å². The van der Waals surface area contributed by atoms with Gasteiger partial charge in [-0.15, -0.1) is 0 Å². The van der Waals surface area contributed by atoms with Crippen molar-refractivity contribution in [2.75, 3.05) is 0 Å². The van der Waals surface area contributed by atoms with Gasteiger partial charge in [-0.3, -0.25) is 9.67 Å². The van der Waals surface area contributed by atoms with E-state index in [4.69, 9.17) is 5.10 Å². The van der Waals surface area contributed by atoms with Crippen LogP contribution in [0.4, 0.5) is 0 Å². The van der Waals surface area contributed by atoms with E-state index in [-0.39, 0.29) is 0 Å². The van der Waals surface area contributed by atoms with E-state index >= 15 is 0 Å². The molecule has 0 unspecified atom stereocenters. The monoisotopic (exact) mass is 265 g/mol. The number of fused-ring (bicyclic) bond motifs is 1. The van der Waals surface area contributed by atoms with Crippen LogP contribution in [0.3, 0.4) is 0 Å². The van der Waals surface area contributed by atoms with Gasteiger partial charge < -0.3 is 0 Å². The van der Waals surface area contributed by atoms with Crippen molar-refractivity contribution in [1.29, 1.82) is 0 Å². The molecule has 0 atom stereocenters. The minimum absolute atomic E-state index is 0.812. The van der Waals surface area contributed by atoms with Crippen molar-refractivity contribution >= 4 is 10.9 Å². The Morgan fingerprint density at radius 2 is 1.90 bits per heavy atom. The van der Waals surface area contributed by atoms with Gasteiger partial charge in [-0.2, -0.15) is 5.10 Å². The van der Waals surface area contributed by atoms with Crippen LogP contribution in [0.2, 0.25) is 0 Å². The first-order valence-corrected chi connectivity index (χ1v) is 7.20. The van der Waals surface area contributed by atoms with E-state index in [1.807, 2.05) is 12.3 Å². The molecule has 3 heteroatoms. The Kier molecular flexibility index (Phi) is 3.50. The summed E-state index contributed by atoms with van der Waals surface area (Å²) in [7, 11) is 0. The van der Waals surface area contributed by atoms with Crippen molar-refractivity contribution in [2.24, 2.45) is 0 Å². The first-order valence-electron chi connectivity index (χ1n) is 7.20. The van der Waals surface area contributed by atoms with Gasteiger partial charge in [-0.25, -0.2) is 0 Å². The molecule has 102 valence electrons. The van der Waals surface area contributed by atoms with E-state index in [0.29, 0.717) is 0 Å². The highest BCUT2D eigenvalue weighted by Crippen LogP contribution is 2.18. The lowest BCUT2D eigenvalue weighted by atomic mass is 10.1. The van der Waals surface area contributed by atoms with E-state index < -0.39 is 0 Å². The number of nitrogens with zero attached hydrogens (tertiary/aromatic N) is 3. The number of aromatic nitrogens is 3. The molecule has 0 saturated carbocycles. The third-order valence-corrected chi connectivity index (χ3v) is 3.70. The van der Waals surface area contributed by atoms with E-state index in [0.717, 1.165) is 24.9 Å². The summed E-state index contributed by atoms with van der Waals surface area (Å²) >= 11 is 0. The Labute approximate surface area is 119 Å². The first kappa shape index (κ1) is 12.9. The Balaban J connectivity index is 2.03. The summed E-state index contributed by atoms with van der Waals surface area (Å²) < 4.78 is 2.13. The van der Waals surface area contributed by atoms with Gasteiger partial charge in [0.15, 0.2) is 0 Å². The predicted molar refractivity (Wildman–Crippen MR) is 81.8 cm³/mol. The molecule has 3 aromatic rings. The molecule has 2 aromatic heterocycles. The highest BCUT2D eigenvalue weighted by molar-refractivity contribution is 5.81. The smallest absolute Gasteiger partial charge is 0.0705 e. The Hall–Kier alpha value is -2.16. The number of hydrogen-bond donors (Lipinski definition) is 0. The number of para-hydroxylation sites is 1. The molecule has 20 heavy (non-hydrogen) atoms. The van der Waals surface area contributed by atoms with Gasteiger partial charge in [0.1, 0.15) is 0 Å². The fraction of sp³-hybridized carbons (Fsp3) is 0.294. The summed E-state index contributed by atoms with van der Waals surface area (Å²) in [4.78, 5) is 4.42. The molecule has 3 rings (SSSR count). The molecular weight excluding hydrogens is 246 g/mol. The maximum Gasteiger partial charge on any atom is 0.0705 e. The molecule has 0 amide bonds. The topological polar surface area (TPSA) is 30.7 Å². The lowest BCUT2D eigenvalue weighted by molar-refractivity contribution is 0.643. The molecule has 3 nitrogen and oxygen atoms in total. The van der Waals surface area contributed by atoms with Crippen molar-refractivity contribution in [2.45, 2.75) is 33.2 Å². The van der Waals surface area contributed by atoms with Gasteiger partial charge in [0, 0.05) is 17.3 Å². The lowest BCUT2D eigenvalue weighted by Crippen LogP contribution is -2.06. The molecule has 0 aliphatic carbocycles. The fourth-order valence-electron chi connectivity index (χ4n) is 2.56. The van der Waals surface area contributed by atoms with Crippen LogP contribution in [0.25, 0.3) is 10.9 Å². The second-order valence-electron chi connectivity index (χ2n) is 4.98. The van der Waals surface area contributed by atoms with Gasteiger partial charge in [-0.05, 0) is 36.6 Å². The number of hydrogen-bond acceptors (Lipinski definition) is 2. The molecular formula is C17H19N3. The number of rotatable bonds is 4. The highest BCUT2D eigenvalue weighted by atomic mass is 15.3. The zero-order valence-corrected chi connectivity index (χ0v) is 12.0. The van der Waals surface area contributed by atoms with Crippen LogP contribution in [-0.4, -0.2) is 14.8 Å². The molecule has 0 spiro atoms. The summed E-state index contributed by atoms with van der Waals surface area (Å²) in [5, 5.41) is 5.91. The zero-order valence-electron chi connectivity index (χ0n) is 12.0. The number of pyridine rings is 1. The third kappa shape index (κ3) is 2.31. The SMILES string of the molecule is CCc1cc(CC)n(Cc2ccnc3ccccc23)n1. The van der Waals surface area contributed by atoms with Crippen molar-refractivity contribution in [3.05, 3.63) is 59.5 Å². The average molecular weight is 265 g/mol. The molecule has 1 aromatic carbocycles. The summed E-state index contributed by atoms with van der Waals surface area (Å²) in [6, 6.07) is 12.6. The molecule has 0 aliphatic heterocycles. The minimum atomic E-state index is 0.812. The first-order chi connectivity index (χ1) is 9.81. The predicted octanol–water partition coefficient (Wildman–Crippen LogP) is 3.60. The van der Waals surface area contributed by atoms with Crippen LogP contribution < -0.4 is 0 Å². The maximum absolute atomic E-state index is 4.70.